The summed E-state index contributed by atoms with van der Waals surface area (Å²) in [6, 6.07) is 5.61. The number of rotatable bonds is 4. The van der Waals surface area contributed by atoms with Gasteiger partial charge in [0.1, 0.15) is 12.4 Å². The number of amides is 1. The number of hydrogen-bond acceptors (Lipinski definition) is 5. The van der Waals surface area contributed by atoms with E-state index in [0.29, 0.717) is 5.82 Å². The molecule has 7 nitrogen and oxygen atoms in total. The van der Waals surface area contributed by atoms with Crippen LogP contribution in [0.5, 0.6) is 0 Å². The monoisotopic (exact) mass is 358 g/mol. The second-order valence-corrected chi connectivity index (χ2v) is 4.89. The number of hydrogen-bond donors (Lipinski definition) is 2. The highest BCUT2D eigenvalue weighted by Gasteiger charge is 2.11. The molecule has 1 aliphatic rings. The van der Waals surface area contributed by atoms with Crippen LogP contribution in [0, 0.1) is 0 Å². The molecule has 23 heavy (non-hydrogen) atoms. The third-order valence-electron chi connectivity index (χ3n) is 3.36. The topological polar surface area (TPSA) is 75.1 Å². The fraction of sp³-hybridized carbons (Fsp3) is 0.357. The van der Waals surface area contributed by atoms with Crippen molar-refractivity contribution >= 4 is 42.2 Å². The Labute approximate surface area is 147 Å². The fourth-order valence-corrected chi connectivity index (χ4v) is 2.29. The van der Waals surface area contributed by atoms with Crippen LogP contribution in [-0.2, 0) is 11.3 Å². The van der Waals surface area contributed by atoms with Crippen molar-refractivity contribution in [2.45, 2.75) is 6.54 Å². The van der Waals surface area contributed by atoms with Crippen LogP contribution in [0.3, 0.4) is 0 Å². The molecule has 126 valence electrons. The number of piperazine rings is 1. The molecule has 1 aliphatic heterocycles. The Morgan fingerprint density at radius 2 is 2.04 bits per heavy atom. The lowest BCUT2D eigenvalue weighted by molar-refractivity contribution is -0.116. The van der Waals surface area contributed by atoms with Crippen molar-refractivity contribution < 1.29 is 4.79 Å². The SMILES string of the molecule is Cl.Cl.O=C(Cn1cccn1)Nc1ccc(N2CCNCC2)cn1. The molecular formula is C14H20Cl2N6O. The zero-order valence-corrected chi connectivity index (χ0v) is 14.1. The first-order chi connectivity index (χ1) is 10.3. The zero-order chi connectivity index (χ0) is 14.5. The average Bonchev–Trinajstić information content (AvgIpc) is 3.02. The summed E-state index contributed by atoms with van der Waals surface area (Å²) >= 11 is 0. The van der Waals surface area contributed by atoms with Crippen molar-refractivity contribution in [3.63, 3.8) is 0 Å². The summed E-state index contributed by atoms with van der Waals surface area (Å²) in [7, 11) is 0. The highest BCUT2D eigenvalue weighted by atomic mass is 35.5. The molecule has 0 bridgehead atoms. The van der Waals surface area contributed by atoms with Gasteiger partial charge in [0.15, 0.2) is 0 Å². The third-order valence-corrected chi connectivity index (χ3v) is 3.36. The van der Waals surface area contributed by atoms with Crippen molar-refractivity contribution in [2.75, 3.05) is 36.4 Å². The maximum absolute atomic E-state index is 11.8. The first-order valence-corrected chi connectivity index (χ1v) is 7.00. The van der Waals surface area contributed by atoms with Crippen LogP contribution in [0.1, 0.15) is 0 Å². The van der Waals surface area contributed by atoms with Crippen LogP contribution >= 0.6 is 24.8 Å². The van der Waals surface area contributed by atoms with E-state index in [1.807, 2.05) is 12.1 Å². The van der Waals surface area contributed by atoms with Crippen molar-refractivity contribution in [1.82, 2.24) is 20.1 Å². The van der Waals surface area contributed by atoms with E-state index in [1.54, 1.807) is 29.3 Å². The molecule has 1 saturated heterocycles. The Morgan fingerprint density at radius 1 is 1.26 bits per heavy atom. The number of nitrogens with zero attached hydrogens (tertiary/aromatic N) is 4. The molecule has 2 aromatic heterocycles. The fourth-order valence-electron chi connectivity index (χ4n) is 2.29. The van der Waals surface area contributed by atoms with Crippen molar-refractivity contribution in [2.24, 2.45) is 0 Å². The number of carbonyl (C=O) groups is 1. The molecule has 0 aromatic carbocycles. The van der Waals surface area contributed by atoms with Gasteiger partial charge in [0.25, 0.3) is 0 Å². The van der Waals surface area contributed by atoms with Crippen molar-refractivity contribution in [3.05, 3.63) is 36.8 Å². The summed E-state index contributed by atoms with van der Waals surface area (Å²) in [5.41, 5.74) is 1.08. The maximum Gasteiger partial charge on any atom is 0.247 e. The molecule has 0 unspecified atom stereocenters. The van der Waals surface area contributed by atoms with E-state index in [0.717, 1.165) is 31.9 Å². The lowest BCUT2D eigenvalue weighted by atomic mass is 10.3. The number of aromatic nitrogens is 3. The van der Waals surface area contributed by atoms with Crippen LogP contribution in [0.2, 0.25) is 0 Å². The summed E-state index contributed by atoms with van der Waals surface area (Å²) in [6.45, 7) is 4.12. The Morgan fingerprint density at radius 3 is 2.65 bits per heavy atom. The van der Waals surface area contributed by atoms with Crippen molar-refractivity contribution in [3.8, 4) is 0 Å². The second-order valence-electron chi connectivity index (χ2n) is 4.89. The smallest absolute Gasteiger partial charge is 0.247 e. The maximum atomic E-state index is 11.8. The Balaban J connectivity index is 0.00000132. The predicted molar refractivity (Wildman–Crippen MR) is 94.7 cm³/mol. The van der Waals surface area contributed by atoms with E-state index < -0.39 is 0 Å². The highest BCUT2D eigenvalue weighted by molar-refractivity contribution is 5.89. The van der Waals surface area contributed by atoms with Gasteiger partial charge in [-0.3, -0.25) is 9.48 Å². The highest BCUT2D eigenvalue weighted by Crippen LogP contribution is 2.15. The number of pyridine rings is 1. The van der Waals surface area contributed by atoms with Gasteiger partial charge in [-0.25, -0.2) is 4.98 Å². The van der Waals surface area contributed by atoms with E-state index in [4.69, 9.17) is 0 Å². The standard InChI is InChI=1S/C14H18N6O.2ClH/c21-14(11-20-7-1-4-17-20)18-13-3-2-12(10-16-13)19-8-5-15-6-9-19;;/h1-4,7,10,15H,5-6,8-9,11H2,(H,16,18,21);2*1H. The van der Waals surface area contributed by atoms with E-state index >= 15 is 0 Å². The first-order valence-electron chi connectivity index (χ1n) is 7.00. The molecule has 2 N–H and O–H groups in total. The van der Waals surface area contributed by atoms with E-state index in [9.17, 15) is 4.79 Å². The molecule has 0 spiro atoms. The van der Waals surface area contributed by atoms with Gasteiger partial charge in [-0.15, -0.1) is 24.8 Å². The van der Waals surface area contributed by atoms with Gasteiger partial charge in [-0.1, -0.05) is 0 Å². The van der Waals surface area contributed by atoms with Gasteiger partial charge in [-0.05, 0) is 18.2 Å². The van der Waals surface area contributed by atoms with Gasteiger partial charge in [0.2, 0.25) is 5.91 Å². The minimum atomic E-state index is -0.138. The minimum absolute atomic E-state index is 0. The normalized spacial score (nSPS) is 13.7. The minimum Gasteiger partial charge on any atom is -0.368 e. The molecule has 9 heteroatoms. The zero-order valence-electron chi connectivity index (χ0n) is 12.5. The number of nitrogens with one attached hydrogen (secondary N) is 2. The molecular weight excluding hydrogens is 339 g/mol. The molecule has 0 atom stereocenters. The van der Waals surface area contributed by atoms with Crippen LogP contribution < -0.4 is 15.5 Å². The molecule has 3 rings (SSSR count). The van der Waals surface area contributed by atoms with Gasteiger partial charge in [-0.2, -0.15) is 5.10 Å². The largest absolute Gasteiger partial charge is 0.368 e. The molecule has 2 aromatic rings. The lowest BCUT2D eigenvalue weighted by Gasteiger charge is -2.29. The number of carbonyl (C=O) groups excluding carboxylic acids is 1. The van der Waals surface area contributed by atoms with Crippen LogP contribution in [0.15, 0.2) is 36.8 Å². The van der Waals surface area contributed by atoms with E-state index in [2.05, 4.69) is 25.6 Å². The molecule has 1 amide bonds. The summed E-state index contributed by atoms with van der Waals surface area (Å²) < 4.78 is 1.57. The summed E-state index contributed by atoms with van der Waals surface area (Å²) in [6.07, 6.45) is 5.20. The summed E-state index contributed by atoms with van der Waals surface area (Å²) in [5.74, 6) is 0.423. The number of anilines is 2. The molecule has 0 radical (unpaired) electrons. The Kier molecular flexibility index (Phi) is 7.80. The lowest BCUT2D eigenvalue weighted by Crippen LogP contribution is -2.43. The molecule has 1 fully saturated rings. The van der Waals surface area contributed by atoms with Gasteiger partial charge >= 0.3 is 0 Å². The second kappa shape index (κ2) is 9.34. The van der Waals surface area contributed by atoms with Crippen LogP contribution in [-0.4, -0.2) is 46.9 Å². The van der Waals surface area contributed by atoms with Gasteiger partial charge < -0.3 is 15.5 Å². The molecule has 0 aliphatic carbocycles. The van der Waals surface area contributed by atoms with E-state index in [-0.39, 0.29) is 37.3 Å². The van der Waals surface area contributed by atoms with E-state index in [1.165, 1.54) is 0 Å². The average molecular weight is 359 g/mol. The Hall–Kier alpha value is -1.83. The third kappa shape index (κ3) is 5.38. The van der Waals surface area contributed by atoms with Gasteiger partial charge in [0.05, 0.1) is 11.9 Å². The van der Waals surface area contributed by atoms with Crippen molar-refractivity contribution in [1.29, 1.82) is 0 Å². The van der Waals surface area contributed by atoms with Crippen LogP contribution in [0.25, 0.3) is 0 Å². The molecule has 0 saturated carbocycles. The first kappa shape index (κ1) is 19.2. The van der Waals surface area contributed by atoms with Gasteiger partial charge in [0, 0.05) is 38.6 Å². The summed E-state index contributed by atoms with van der Waals surface area (Å²) in [4.78, 5) is 18.4. The summed E-state index contributed by atoms with van der Waals surface area (Å²) in [5, 5.41) is 10.1. The predicted octanol–water partition coefficient (Wildman–Crippen LogP) is 1.17. The van der Waals surface area contributed by atoms with Crippen LogP contribution in [0.4, 0.5) is 11.5 Å². The molecule has 3 heterocycles. The number of halogens is 2. The Bertz CT molecular complexity index is 584. The quantitative estimate of drug-likeness (QED) is 0.857.